The van der Waals surface area contributed by atoms with E-state index in [4.69, 9.17) is 10.9 Å². The van der Waals surface area contributed by atoms with Crippen LogP contribution in [-0.2, 0) is 10.0 Å². The molecule has 5 nitrogen and oxygen atoms in total. The number of nitrogens with zero attached hydrogens (tertiary/aromatic N) is 1. The van der Waals surface area contributed by atoms with Gasteiger partial charge in [0.2, 0.25) is 10.0 Å². The molecule has 2 rings (SSSR count). The topological polar surface area (TPSA) is 89.4 Å². The van der Waals surface area contributed by atoms with Crippen LogP contribution in [0.4, 0.5) is 11.4 Å². The fraction of sp³-hybridized carbons (Fsp3) is 0.571. The van der Waals surface area contributed by atoms with Crippen molar-refractivity contribution < 1.29 is 8.42 Å². The van der Waals surface area contributed by atoms with Gasteiger partial charge in [-0.3, -0.25) is 0 Å². The van der Waals surface area contributed by atoms with Crippen molar-refractivity contribution in [3.8, 4) is 0 Å². The quantitative estimate of drug-likeness (QED) is 0.832. The van der Waals surface area contributed by atoms with Crippen LogP contribution in [0.3, 0.4) is 0 Å². The van der Waals surface area contributed by atoms with Gasteiger partial charge in [-0.1, -0.05) is 12.8 Å². The molecular weight excluding hydrogens is 274 g/mol. The standard InChI is InChI=1S/C14H23N3O2S/c1-3-17(12-6-4-5-7-12)13-8-11(15)9-14(10(13)2)20(16,18)19/h8-9,12H,3-7,15H2,1-2H3,(H2,16,18,19). The summed E-state index contributed by atoms with van der Waals surface area (Å²) in [5.74, 6) is 0. The van der Waals surface area contributed by atoms with Gasteiger partial charge in [-0.2, -0.15) is 0 Å². The van der Waals surface area contributed by atoms with Crippen LogP contribution in [0.2, 0.25) is 0 Å². The predicted octanol–water partition coefficient (Wildman–Crippen LogP) is 1.99. The van der Waals surface area contributed by atoms with Crippen molar-refractivity contribution >= 4 is 21.4 Å². The van der Waals surface area contributed by atoms with Crippen molar-refractivity contribution in [1.29, 1.82) is 0 Å². The van der Waals surface area contributed by atoms with E-state index in [0.717, 1.165) is 25.1 Å². The zero-order valence-electron chi connectivity index (χ0n) is 12.1. The number of rotatable bonds is 4. The first-order valence-electron chi connectivity index (χ1n) is 7.04. The average molecular weight is 297 g/mol. The largest absolute Gasteiger partial charge is 0.399 e. The maximum absolute atomic E-state index is 11.7. The molecule has 1 aromatic rings. The van der Waals surface area contributed by atoms with Crippen LogP contribution < -0.4 is 15.8 Å². The highest BCUT2D eigenvalue weighted by atomic mass is 32.2. The maximum atomic E-state index is 11.7. The van der Waals surface area contributed by atoms with Gasteiger partial charge in [0.05, 0.1) is 4.90 Å². The van der Waals surface area contributed by atoms with E-state index >= 15 is 0 Å². The zero-order valence-corrected chi connectivity index (χ0v) is 12.9. The third-order valence-electron chi connectivity index (χ3n) is 4.08. The van der Waals surface area contributed by atoms with Crippen LogP contribution in [0.1, 0.15) is 38.2 Å². The van der Waals surface area contributed by atoms with E-state index in [2.05, 4.69) is 11.8 Å². The molecule has 0 atom stereocenters. The summed E-state index contributed by atoms with van der Waals surface area (Å²) >= 11 is 0. The molecular formula is C14H23N3O2S. The Hall–Kier alpha value is -1.27. The fourth-order valence-electron chi connectivity index (χ4n) is 3.13. The molecule has 0 aliphatic heterocycles. The summed E-state index contributed by atoms with van der Waals surface area (Å²) in [5, 5.41) is 5.29. The average Bonchev–Trinajstić information content (AvgIpc) is 2.86. The number of nitrogen functional groups attached to an aromatic ring is 1. The van der Waals surface area contributed by atoms with E-state index in [0.29, 0.717) is 17.3 Å². The second-order valence-electron chi connectivity index (χ2n) is 5.43. The first kappa shape index (κ1) is 15.1. The Balaban J connectivity index is 2.52. The highest BCUT2D eigenvalue weighted by molar-refractivity contribution is 7.89. The van der Waals surface area contributed by atoms with Crippen molar-refractivity contribution in [3.05, 3.63) is 17.7 Å². The number of hydrogen-bond donors (Lipinski definition) is 2. The molecule has 1 aliphatic carbocycles. The van der Waals surface area contributed by atoms with Crippen molar-refractivity contribution in [2.75, 3.05) is 17.2 Å². The number of primary sulfonamides is 1. The fourth-order valence-corrected chi connectivity index (χ4v) is 3.96. The molecule has 1 aromatic carbocycles. The highest BCUT2D eigenvalue weighted by Crippen LogP contribution is 2.34. The predicted molar refractivity (Wildman–Crippen MR) is 82.2 cm³/mol. The molecule has 0 heterocycles. The van der Waals surface area contributed by atoms with Gasteiger partial charge in [-0.25, -0.2) is 13.6 Å². The van der Waals surface area contributed by atoms with Crippen molar-refractivity contribution in [3.63, 3.8) is 0 Å². The minimum Gasteiger partial charge on any atom is -0.399 e. The minimum atomic E-state index is -3.75. The van der Waals surface area contributed by atoms with Crippen molar-refractivity contribution in [2.45, 2.75) is 50.5 Å². The second-order valence-corrected chi connectivity index (χ2v) is 6.96. The van der Waals surface area contributed by atoms with Crippen LogP contribution in [0.25, 0.3) is 0 Å². The number of benzene rings is 1. The maximum Gasteiger partial charge on any atom is 0.238 e. The van der Waals surface area contributed by atoms with Crippen LogP contribution >= 0.6 is 0 Å². The van der Waals surface area contributed by atoms with Crippen LogP contribution in [0, 0.1) is 6.92 Å². The molecule has 0 spiro atoms. The normalized spacial score (nSPS) is 16.6. The molecule has 4 N–H and O–H groups in total. The third-order valence-corrected chi connectivity index (χ3v) is 5.11. The summed E-state index contributed by atoms with van der Waals surface area (Å²) in [7, 11) is -3.75. The van der Waals surface area contributed by atoms with E-state index in [1.54, 1.807) is 6.92 Å². The molecule has 6 heteroatoms. The van der Waals surface area contributed by atoms with Crippen LogP contribution in [-0.4, -0.2) is 21.0 Å². The second kappa shape index (κ2) is 5.61. The zero-order chi connectivity index (χ0) is 14.9. The lowest BCUT2D eigenvalue weighted by Gasteiger charge is -2.32. The summed E-state index contributed by atoms with van der Waals surface area (Å²) in [5.41, 5.74) is 7.89. The van der Waals surface area contributed by atoms with Gasteiger partial charge in [-0.05, 0) is 44.4 Å². The molecule has 0 radical (unpaired) electrons. The smallest absolute Gasteiger partial charge is 0.238 e. The number of anilines is 2. The molecule has 0 saturated heterocycles. The lowest BCUT2D eigenvalue weighted by atomic mass is 10.1. The Labute approximate surface area is 121 Å². The van der Waals surface area contributed by atoms with Gasteiger partial charge < -0.3 is 10.6 Å². The van der Waals surface area contributed by atoms with Crippen LogP contribution in [0.5, 0.6) is 0 Å². The number of sulfonamides is 1. The summed E-state index contributed by atoms with van der Waals surface area (Å²) < 4.78 is 23.4. The molecule has 0 amide bonds. The van der Waals surface area contributed by atoms with Crippen molar-refractivity contribution in [2.24, 2.45) is 5.14 Å². The Morgan fingerprint density at radius 3 is 2.40 bits per heavy atom. The minimum absolute atomic E-state index is 0.129. The van der Waals surface area contributed by atoms with Gasteiger partial charge >= 0.3 is 0 Å². The van der Waals surface area contributed by atoms with Gasteiger partial charge in [0, 0.05) is 24.0 Å². The first-order valence-corrected chi connectivity index (χ1v) is 8.58. The van der Waals surface area contributed by atoms with Gasteiger partial charge in [-0.15, -0.1) is 0 Å². The molecule has 0 unspecified atom stereocenters. The van der Waals surface area contributed by atoms with E-state index in [1.807, 2.05) is 6.07 Å². The summed E-state index contributed by atoms with van der Waals surface area (Å²) in [4.78, 5) is 2.39. The highest BCUT2D eigenvalue weighted by Gasteiger charge is 2.25. The molecule has 1 aliphatic rings. The van der Waals surface area contributed by atoms with E-state index in [1.165, 1.54) is 18.9 Å². The Morgan fingerprint density at radius 1 is 1.30 bits per heavy atom. The summed E-state index contributed by atoms with van der Waals surface area (Å²) in [6.07, 6.45) is 4.74. The molecule has 112 valence electrons. The SMILES string of the molecule is CCN(c1cc(N)cc(S(N)(=O)=O)c1C)C1CCCC1. The third kappa shape index (κ3) is 2.91. The Morgan fingerprint density at radius 2 is 1.90 bits per heavy atom. The van der Waals surface area contributed by atoms with Gasteiger partial charge in [0.15, 0.2) is 0 Å². The van der Waals surface area contributed by atoms with E-state index in [9.17, 15) is 8.42 Å². The van der Waals surface area contributed by atoms with E-state index in [-0.39, 0.29) is 4.90 Å². The van der Waals surface area contributed by atoms with Gasteiger partial charge in [0.1, 0.15) is 0 Å². The molecule has 1 saturated carbocycles. The molecule has 0 bridgehead atoms. The van der Waals surface area contributed by atoms with Gasteiger partial charge in [0.25, 0.3) is 0 Å². The summed E-state index contributed by atoms with van der Waals surface area (Å²) in [6.45, 7) is 4.71. The van der Waals surface area contributed by atoms with Crippen LogP contribution in [0.15, 0.2) is 17.0 Å². The first-order chi connectivity index (χ1) is 9.34. The lowest BCUT2D eigenvalue weighted by Crippen LogP contribution is -2.34. The molecule has 1 fully saturated rings. The Bertz CT molecular complexity index is 593. The lowest BCUT2D eigenvalue weighted by molar-refractivity contribution is 0.596. The summed E-state index contributed by atoms with van der Waals surface area (Å²) in [6, 6.07) is 3.76. The molecule has 0 aromatic heterocycles. The van der Waals surface area contributed by atoms with Crippen molar-refractivity contribution in [1.82, 2.24) is 0 Å². The molecule has 20 heavy (non-hydrogen) atoms. The number of nitrogens with two attached hydrogens (primary N) is 2. The van der Waals surface area contributed by atoms with E-state index < -0.39 is 10.0 Å². The Kier molecular flexibility index (Phi) is 4.25. The number of hydrogen-bond acceptors (Lipinski definition) is 4. The monoisotopic (exact) mass is 297 g/mol.